The molecule has 0 saturated carbocycles. The van der Waals surface area contributed by atoms with E-state index in [0.29, 0.717) is 26.2 Å². The lowest BCUT2D eigenvalue weighted by molar-refractivity contribution is -0.122. The molecular weight excluding hydrogens is 356 g/mol. The average molecular weight is 384 g/mol. The van der Waals surface area contributed by atoms with E-state index in [9.17, 15) is 4.79 Å². The van der Waals surface area contributed by atoms with E-state index in [1.807, 2.05) is 54.3 Å². The highest BCUT2D eigenvalue weighted by molar-refractivity contribution is 5.95. The Morgan fingerprint density at radius 1 is 1.04 bits per heavy atom. The lowest BCUT2D eigenvalue weighted by atomic mass is 10.1. The van der Waals surface area contributed by atoms with Gasteiger partial charge in [0.15, 0.2) is 11.5 Å². The van der Waals surface area contributed by atoms with Crippen molar-refractivity contribution in [1.29, 1.82) is 0 Å². The molecule has 0 spiro atoms. The summed E-state index contributed by atoms with van der Waals surface area (Å²) in [4.78, 5) is 16.7. The number of rotatable bonds is 7. The Morgan fingerprint density at radius 2 is 1.79 bits per heavy atom. The maximum absolute atomic E-state index is 12.7. The molecule has 1 fully saturated rings. The van der Waals surface area contributed by atoms with E-state index in [2.05, 4.69) is 11.8 Å². The van der Waals surface area contributed by atoms with E-state index in [1.165, 1.54) is 0 Å². The van der Waals surface area contributed by atoms with E-state index in [1.54, 1.807) is 14.2 Å². The fraction of sp³-hybridized carbons (Fsp3) is 0.409. The van der Waals surface area contributed by atoms with Crippen molar-refractivity contribution in [2.45, 2.75) is 19.9 Å². The molecule has 1 aliphatic heterocycles. The van der Waals surface area contributed by atoms with E-state index in [0.717, 1.165) is 28.5 Å². The molecule has 1 amide bonds. The summed E-state index contributed by atoms with van der Waals surface area (Å²) in [6.45, 7) is 6.36. The van der Waals surface area contributed by atoms with Crippen molar-refractivity contribution in [2.75, 3.05) is 45.4 Å². The van der Waals surface area contributed by atoms with Crippen LogP contribution < -0.4 is 19.1 Å². The van der Waals surface area contributed by atoms with Gasteiger partial charge in [0, 0.05) is 24.8 Å². The van der Waals surface area contributed by atoms with Crippen molar-refractivity contribution in [1.82, 2.24) is 4.90 Å². The van der Waals surface area contributed by atoms with Crippen LogP contribution in [0.15, 0.2) is 42.5 Å². The van der Waals surface area contributed by atoms with Gasteiger partial charge in [-0.2, -0.15) is 0 Å². The molecule has 0 bridgehead atoms. The predicted molar refractivity (Wildman–Crippen MR) is 110 cm³/mol. The molecule has 1 atom stereocenters. The zero-order valence-corrected chi connectivity index (χ0v) is 17.0. The Kier molecular flexibility index (Phi) is 6.41. The van der Waals surface area contributed by atoms with Crippen molar-refractivity contribution < 1.29 is 19.0 Å². The minimum atomic E-state index is 0.0937. The van der Waals surface area contributed by atoms with Crippen molar-refractivity contribution >= 4 is 11.6 Å². The molecule has 1 saturated heterocycles. The number of aryl methyl sites for hydroxylation is 1. The van der Waals surface area contributed by atoms with Crippen LogP contribution in [-0.4, -0.2) is 57.3 Å². The maximum atomic E-state index is 12.7. The van der Waals surface area contributed by atoms with E-state index in [-0.39, 0.29) is 11.9 Å². The fourth-order valence-electron chi connectivity index (χ4n) is 3.37. The van der Waals surface area contributed by atoms with Crippen LogP contribution in [0.2, 0.25) is 0 Å². The molecule has 6 nitrogen and oxygen atoms in total. The maximum Gasteiger partial charge on any atom is 0.241 e. The minimum absolute atomic E-state index is 0.0937. The standard InChI is InChI=1S/C22H28N2O4/c1-16-5-10-20(21(13-16)27-4)28-12-11-23-15-22(25)24(14-17(23)2)18-6-8-19(26-3)9-7-18/h5-10,13,17H,11-12,14-15H2,1-4H3/t17-/m1/s1. The highest BCUT2D eigenvalue weighted by Crippen LogP contribution is 2.28. The number of hydrogen-bond acceptors (Lipinski definition) is 5. The molecule has 6 heteroatoms. The highest BCUT2D eigenvalue weighted by atomic mass is 16.5. The summed E-state index contributed by atoms with van der Waals surface area (Å²) in [7, 11) is 3.27. The molecule has 0 radical (unpaired) electrons. The SMILES string of the molecule is COc1ccc(N2C[C@@H](C)N(CCOc3ccc(C)cc3OC)CC2=O)cc1. The highest BCUT2D eigenvalue weighted by Gasteiger charge is 2.30. The zero-order chi connectivity index (χ0) is 20.1. The van der Waals surface area contributed by atoms with Gasteiger partial charge in [-0.1, -0.05) is 6.07 Å². The van der Waals surface area contributed by atoms with Gasteiger partial charge in [0.25, 0.3) is 0 Å². The van der Waals surface area contributed by atoms with Crippen molar-refractivity contribution in [3.63, 3.8) is 0 Å². The number of piperazine rings is 1. The summed E-state index contributed by atoms with van der Waals surface area (Å²) in [6.07, 6.45) is 0. The first-order valence-corrected chi connectivity index (χ1v) is 9.47. The second-order valence-electron chi connectivity index (χ2n) is 7.02. The molecule has 150 valence electrons. The summed E-state index contributed by atoms with van der Waals surface area (Å²) in [5, 5.41) is 0. The Morgan fingerprint density at radius 3 is 2.46 bits per heavy atom. The van der Waals surface area contributed by atoms with Gasteiger partial charge in [-0.05, 0) is 55.8 Å². The van der Waals surface area contributed by atoms with Crippen LogP contribution in [0.25, 0.3) is 0 Å². The average Bonchev–Trinajstić information content (AvgIpc) is 2.71. The normalized spacial score (nSPS) is 17.5. The quantitative estimate of drug-likeness (QED) is 0.734. The molecule has 1 heterocycles. The number of anilines is 1. The Hall–Kier alpha value is -2.73. The third kappa shape index (κ3) is 4.57. The van der Waals surface area contributed by atoms with Gasteiger partial charge in [-0.25, -0.2) is 0 Å². The number of amides is 1. The van der Waals surface area contributed by atoms with Crippen LogP contribution in [0.5, 0.6) is 17.2 Å². The molecule has 0 unspecified atom stereocenters. The first kappa shape index (κ1) is 20.0. The topological polar surface area (TPSA) is 51.2 Å². The lowest BCUT2D eigenvalue weighted by Gasteiger charge is -2.39. The fourth-order valence-corrected chi connectivity index (χ4v) is 3.37. The number of ether oxygens (including phenoxy) is 3. The van der Waals surface area contributed by atoms with Gasteiger partial charge in [0.1, 0.15) is 12.4 Å². The molecule has 3 rings (SSSR count). The van der Waals surface area contributed by atoms with Gasteiger partial charge in [0.05, 0.1) is 20.8 Å². The molecular formula is C22H28N2O4. The van der Waals surface area contributed by atoms with Crippen molar-refractivity contribution in [3.8, 4) is 17.2 Å². The van der Waals surface area contributed by atoms with Gasteiger partial charge >= 0.3 is 0 Å². The Bertz CT molecular complexity index is 807. The predicted octanol–water partition coefficient (Wildman–Crippen LogP) is 3.13. The smallest absolute Gasteiger partial charge is 0.241 e. The third-order valence-electron chi connectivity index (χ3n) is 5.05. The Balaban J connectivity index is 1.56. The van der Waals surface area contributed by atoms with Crippen LogP contribution in [0, 0.1) is 6.92 Å². The lowest BCUT2D eigenvalue weighted by Crippen LogP contribution is -2.56. The van der Waals surface area contributed by atoms with Crippen LogP contribution in [-0.2, 0) is 4.79 Å². The van der Waals surface area contributed by atoms with Crippen molar-refractivity contribution in [3.05, 3.63) is 48.0 Å². The van der Waals surface area contributed by atoms with Gasteiger partial charge < -0.3 is 19.1 Å². The molecule has 1 aliphatic rings. The summed E-state index contributed by atoms with van der Waals surface area (Å²) in [5.41, 5.74) is 2.02. The molecule has 0 aliphatic carbocycles. The van der Waals surface area contributed by atoms with E-state index >= 15 is 0 Å². The third-order valence-corrected chi connectivity index (χ3v) is 5.05. The zero-order valence-electron chi connectivity index (χ0n) is 17.0. The second-order valence-corrected chi connectivity index (χ2v) is 7.02. The van der Waals surface area contributed by atoms with Crippen LogP contribution in [0.1, 0.15) is 12.5 Å². The second kappa shape index (κ2) is 8.97. The van der Waals surface area contributed by atoms with Gasteiger partial charge in [0.2, 0.25) is 5.91 Å². The summed E-state index contributed by atoms with van der Waals surface area (Å²) >= 11 is 0. The van der Waals surface area contributed by atoms with Gasteiger partial charge in [-0.3, -0.25) is 9.69 Å². The molecule has 0 N–H and O–H groups in total. The first-order valence-electron chi connectivity index (χ1n) is 9.47. The summed E-state index contributed by atoms with van der Waals surface area (Å²) in [6, 6.07) is 13.7. The van der Waals surface area contributed by atoms with E-state index < -0.39 is 0 Å². The summed E-state index contributed by atoms with van der Waals surface area (Å²) in [5.74, 6) is 2.33. The summed E-state index contributed by atoms with van der Waals surface area (Å²) < 4.78 is 16.5. The number of carbonyl (C=O) groups is 1. The van der Waals surface area contributed by atoms with Crippen LogP contribution >= 0.6 is 0 Å². The molecule has 28 heavy (non-hydrogen) atoms. The van der Waals surface area contributed by atoms with Crippen LogP contribution in [0.4, 0.5) is 5.69 Å². The number of methoxy groups -OCH3 is 2. The first-order chi connectivity index (χ1) is 13.5. The van der Waals surface area contributed by atoms with Gasteiger partial charge in [-0.15, -0.1) is 0 Å². The van der Waals surface area contributed by atoms with Crippen molar-refractivity contribution in [2.24, 2.45) is 0 Å². The monoisotopic (exact) mass is 384 g/mol. The number of hydrogen-bond donors (Lipinski definition) is 0. The number of benzene rings is 2. The Labute approximate surface area is 166 Å². The van der Waals surface area contributed by atoms with Crippen LogP contribution in [0.3, 0.4) is 0 Å². The number of nitrogens with zero attached hydrogens (tertiary/aromatic N) is 2. The number of carbonyl (C=O) groups excluding carboxylic acids is 1. The largest absolute Gasteiger partial charge is 0.497 e. The minimum Gasteiger partial charge on any atom is -0.497 e. The van der Waals surface area contributed by atoms with E-state index in [4.69, 9.17) is 14.2 Å². The molecule has 2 aromatic carbocycles. The molecule has 2 aromatic rings. The molecule has 0 aromatic heterocycles.